The molecule has 1 aliphatic heterocycles. The zero-order valence-electron chi connectivity index (χ0n) is 9.66. The predicted octanol–water partition coefficient (Wildman–Crippen LogP) is 3.21. The minimum atomic E-state index is -0.0152. The highest BCUT2D eigenvalue weighted by molar-refractivity contribution is 9.10. The van der Waals surface area contributed by atoms with Gasteiger partial charge in [-0.3, -0.25) is 0 Å². The molecule has 1 aromatic rings. The molecule has 2 heterocycles. The summed E-state index contributed by atoms with van der Waals surface area (Å²) in [5.74, 6) is 0. The Labute approximate surface area is 105 Å². The molecular weight excluding hydrogens is 268 g/mol. The molecule has 0 amide bonds. The van der Waals surface area contributed by atoms with Gasteiger partial charge in [-0.2, -0.15) is 0 Å². The van der Waals surface area contributed by atoms with Crippen molar-refractivity contribution >= 4 is 21.6 Å². The van der Waals surface area contributed by atoms with Gasteiger partial charge in [-0.25, -0.2) is 4.98 Å². The second kappa shape index (κ2) is 4.72. The van der Waals surface area contributed by atoms with Crippen LogP contribution in [0.3, 0.4) is 0 Å². The average molecular weight is 285 g/mol. The molecule has 2 rings (SSSR count). The molecule has 0 aromatic carbocycles. The molecule has 1 saturated heterocycles. The van der Waals surface area contributed by atoms with Gasteiger partial charge >= 0.3 is 0 Å². The van der Waals surface area contributed by atoms with E-state index in [0.29, 0.717) is 6.04 Å². The molecule has 1 fully saturated rings. The lowest BCUT2D eigenvalue weighted by Gasteiger charge is -2.36. The van der Waals surface area contributed by atoms with Gasteiger partial charge in [0.25, 0.3) is 0 Å². The smallest absolute Gasteiger partial charge is 0.106 e. The van der Waals surface area contributed by atoms with Crippen LogP contribution in [0.4, 0.5) is 5.69 Å². The van der Waals surface area contributed by atoms with Gasteiger partial charge in [0, 0.05) is 12.6 Å². The molecule has 0 saturated carbocycles. The summed E-state index contributed by atoms with van der Waals surface area (Å²) < 4.78 is 6.56. The van der Waals surface area contributed by atoms with Crippen LogP contribution in [0.25, 0.3) is 0 Å². The van der Waals surface area contributed by atoms with Crippen LogP contribution in [0, 0.1) is 0 Å². The topological polar surface area (TPSA) is 34.2 Å². The average Bonchev–Trinajstić information content (AvgIpc) is 2.20. The molecule has 3 nitrogen and oxygen atoms in total. The van der Waals surface area contributed by atoms with Gasteiger partial charge in [0.15, 0.2) is 0 Å². The van der Waals surface area contributed by atoms with E-state index in [1.54, 1.807) is 0 Å². The SMILES string of the molecule is CC1(C)CC(Nc2ccc(Br)nc2)CCO1. The fourth-order valence-electron chi connectivity index (χ4n) is 2.05. The lowest BCUT2D eigenvalue weighted by molar-refractivity contribution is -0.0553. The third-order valence-corrected chi connectivity index (χ3v) is 3.26. The summed E-state index contributed by atoms with van der Waals surface area (Å²) in [6.07, 6.45) is 3.94. The number of hydrogen-bond acceptors (Lipinski definition) is 3. The van der Waals surface area contributed by atoms with Crippen molar-refractivity contribution in [1.82, 2.24) is 4.98 Å². The van der Waals surface area contributed by atoms with Crippen LogP contribution in [0.2, 0.25) is 0 Å². The van der Waals surface area contributed by atoms with E-state index in [0.717, 1.165) is 29.7 Å². The Hall–Kier alpha value is -0.610. The number of hydrogen-bond donors (Lipinski definition) is 1. The molecule has 88 valence electrons. The van der Waals surface area contributed by atoms with Crippen molar-refractivity contribution in [1.29, 1.82) is 0 Å². The highest BCUT2D eigenvalue weighted by Crippen LogP contribution is 2.26. The van der Waals surface area contributed by atoms with Crippen molar-refractivity contribution in [3.63, 3.8) is 0 Å². The van der Waals surface area contributed by atoms with Crippen molar-refractivity contribution in [3.8, 4) is 0 Å². The first-order valence-electron chi connectivity index (χ1n) is 5.57. The van der Waals surface area contributed by atoms with Crippen LogP contribution in [-0.2, 0) is 4.74 Å². The number of ether oxygens (including phenoxy) is 1. The summed E-state index contributed by atoms with van der Waals surface area (Å²) in [5.41, 5.74) is 1.06. The van der Waals surface area contributed by atoms with E-state index in [9.17, 15) is 0 Å². The van der Waals surface area contributed by atoms with Gasteiger partial charge in [-0.15, -0.1) is 0 Å². The summed E-state index contributed by atoms with van der Waals surface area (Å²) in [5, 5.41) is 3.50. The molecule has 0 aliphatic carbocycles. The summed E-state index contributed by atoms with van der Waals surface area (Å²) in [7, 11) is 0. The lowest BCUT2D eigenvalue weighted by atomic mass is 9.94. The molecule has 1 unspecified atom stereocenters. The number of aromatic nitrogens is 1. The summed E-state index contributed by atoms with van der Waals surface area (Å²) in [6.45, 7) is 5.11. The predicted molar refractivity (Wildman–Crippen MR) is 68.6 cm³/mol. The van der Waals surface area contributed by atoms with Crippen LogP contribution in [-0.4, -0.2) is 23.2 Å². The molecule has 0 radical (unpaired) electrons. The van der Waals surface area contributed by atoms with Crippen molar-refractivity contribution in [2.75, 3.05) is 11.9 Å². The standard InChI is InChI=1S/C12H17BrN2O/c1-12(2)7-9(5-6-16-12)15-10-3-4-11(13)14-8-10/h3-4,8-9,15H,5-7H2,1-2H3. The van der Waals surface area contributed by atoms with Gasteiger partial charge in [-0.1, -0.05) is 0 Å². The van der Waals surface area contributed by atoms with Gasteiger partial charge < -0.3 is 10.1 Å². The fourth-order valence-corrected chi connectivity index (χ4v) is 2.29. The quantitative estimate of drug-likeness (QED) is 0.847. The van der Waals surface area contributed by atoms with E-state index in [2.05, 4.69) is 40.1 Å². The van der Waals surface area contributed by atoms with E-state index in [1.807, 2.05) is 18.3 Å². The normalized spacial score (nSPS) is 24.1. The molecule has 16 heavy (non-hydrogen) atoms. The second-order valence-electron chi connectivity index (χ2n) is 4.81. The maximum Gasteiger partial charge on any atom is 0.106 e. The van der Waals surface area contributed by atoms with E-state index < -0.39 is 0 Å². The number of pyridine rings is 1. The molecular formula is C12H17BrN2O. The van der Waals surface area contributed by atoms with Crippen molar-refractivity contribution < 1.29 is 4.74 Å². The highest BCUT2D eigenvalue weighted by atomic mass is 79.9. The molecule has 4 heteroatoms. The zero-order chi connectivity index (χ0) is 11.6. The largest absolute Gasteiger partial charge is 0.381 e. The molecule has 1 aliphatic rings. The molecule has 1 atom stereocenters. The first-order valence-corrected chi connectivity index (χ1v) is 6.36. The third-order valence-electron chi connectivity index (χ3n) is 2.80. The van der Waals surface area contributed by atoms with Crippen molar-refractivity contribution in [3.05, 3.63) is 22.9 Å². The van der Waals surface area contributed by atoms with Crippen LogP contribution < -0.4 is 5.32 Å². The summed E-state index contributed by atoms with van der Waals surface area (Å²) >= 11 is 3.33. The van der Waals surface area contributed by atoms with Crippen LogP contribution in [0.5, 0.6) is 0 Å². The number of nitrogens with one attached hydrogen (secondary N) is 1. The monoisotopic (exact) mass is 284 g/mol. The van der Waals surface area contributed by atoms with Crippen molar-refractivity contribution in [2.45, 2.75) is 38.3 Å². The minimum absolute atomic E-state index is 0.0152. The Morgan fingerprint density at radius 3 is 2.94 bits per heavy atom. The maximum absolute atomic E-state index is 5.69. The summed E-state index contributed by atoms with van der Waals surface area (Å²) in [4.78, 5) is 4.20. The Morgan fingerprint density at radius 2 is 2.31 bits per heavy atom. The fraction of sp³-hybridized carbons (Fsp3) is 0.583. The number of halogens is 1. The number of nitrogens with zero attached hydrogens (tertiary/aromatic N) is 1. The van der Waals surface area contributed by atoms with E-state index in [4.69, 9.17) is 4.74 Å². The van der Waals surface area contributed by atoms with Crippen LogP contribution >= 0.6 is 15.9 Å². The van der Waals surface area contributed by atoms with Gasteiger partial charge in [0.2, 0.25) is 0 Å². The maximum atomic E-state index is 5.69. The first kappa shape index (κ1) is 11.9. The lowest BCUT2D eigenvalue weighted by Crippen LogP contribution is -2.40. The van der Waals surface area contributed by atoms with Gasteiger partial charge in [0.05, 0.1) is 17.5 Å². The molecule has 1 aromatic heterocycles. The molecule has 0 bridgehead atoms. The Balaban J connectivity index is 1.97. The van der Waals surface area contributed by atoms with E-state index in [1.165, 1.54) is 0 Å². The Kier molecular flexibility index (Phi) is 3.50. The van der Waals surface area contributed by atoms with E-state index >= 15 is 0 Å². The molecule has 1 N–H and O–H groups in total. The van der Waals surface area contributed by atoms with Crippen molar-refractivity contribution in [2.24, 2.45) is 0 Å². The number of anilines is 1. The summed E-state index contributed by atoms with van der Waals surface area (Å²) in [6, 6.07) is 4.47. The molecule has 0 spiro atoms. The second-order valence-corrected chi connectivity index (χ2v) is 5.62. The van der Waals surface area contributed by atoms with Crippen LogP contribution in [0.1, 0.15) is 26.7 Å². The highest BCUT2D eigenvalue weighted by Gasteiger charge is 2.28. The van der Waals surface area contributed by atoms with Gasteiger partial charge in [-0.05, 0) is 54.8 Å². The number of rotatable bonds is 2. The van der Waals surface area contributed by atoms with Crippen LogP contribution in [0.15, 0.2) is 22.9 Å². The zero-order valence-corrected chi connectivity index (χ0v) is 11.3. The third kappa shape index (κ3) is 3.19. The minimum Gasteiger partial charge on any atom is -0.381 e. The first-order chi connectivity index (χ1) is 7.55. The Morgan fingerprint density at radius 1 is 1.50 bits per heavy atom. The van der Waals surface area contributed by atoms with Gasteiger partial charge in [0.1, 0.15) is 4.60 Å². The van der Waals surface area contributed by atoms with E-state index in [-0.39, 0.29) is 5.60 Å². The Bertz CT molecular complexity index is 351.